The molecule has 0 spiro atoms. The van der Waals surface area contributed by atoms with Gasteiger partial charge in [-0.2, -0.15) is 0 Å². The predicted molar refractivity (Wildman–Crippen MR) is 66.2 cm³/mol. The van der Waals surface area contributed by atoms with E-state index >= 15 is 0 Å². The third-order valence-corrected chi connectivity index (χ3v) is 2.49. The van der Waals surface area contributed by atoms with E-state index in [1.54, 1.807) is 42.6 Å². The summed E-state index contributed by atoms with van der Waals surface area (Å²) in [4.78, 5) is 19.9. The Morgan fingerprint density at radius 1 is 1.17 bits per heavy atom. The molecule has 2 heterocycles. The van der Waals surface area contributed by atoms with Gasteiger partial charge in [0.25, 0.3) is 5.91 Å². The molecule has 3 aromatic rings. The quantitative estimate of drug-likeness (QED) is 0.745. The second-order valence-corrected chi connectivity index (χ2v) is 3.70. The number of hydrogen-bond acceptors (Lipinski definition) is 4. The Hall–Kier alpha value is -2.69. The first kappa shape index (κ1) is 10.5. The molecule has 3 rings (SSSR count). The molecule has 0 unspecified atom stereocenters. The molecule has 0 aliphatic heterocycles. The van der Waals surface area contributed by atoms with Gasteiger partial charge in [-0.25, -0.2) is 4.98 Å². The summed E-state index contributed by atoms with van der Waals surface area (Å²) in [6, 6.07) is 10.5. The SMILES string of the molecule is O=C(Nc1ccc2ocnc2c1)c1ccccn1. The molecule has 2 aromatic heterocycles. The van der Waals surface area contributed by atoms with E-state index in [4.69, 9.17) is 4.42 Å². The van der Waals surface area contributed by atoms with Gasteiger partial charge in [-0.3, -0.25) is 9.78 Å². The summed E-state index contributed by atoms with van der Waals surface area (Å²) in [7, 11) is 0. The lowest BCUT2D eigenvalue weighted by Crippen LogP contribution is -2.13. The van der Waals surface area contributed by atoms with Crippen LogP contribution >= 0.6 is 0 Å². The highest BCUT2D eigenvalue weighted by molar-refractivity contribution is 6.03. The van der Waals surface area contributed by atoms with Crippen LogP contribution in [0.25, 0.3) is 11.1 Å². The molecule has 0 radical (unpaired) electrons. The fraction of sp³-hybridized carbons (Fsp3) is 0. The standard InChI is InChI=1S/C13H9N3O2/c17-13(10-3-1-2-6-14-10)16-9-4-5-12-11(7-9)15-8-18-12/h1-8H,(H,16,17). The Kier molecular flexibility index (Phi) is 2.49. The Balaban J connectivity index is 1.86. The van der Waals surface area contributed by atoms with Crippen molar-refractivity contribution in [2.24, 2.45) is 0 Å². The molecular weight excluding hydrogens is 230 g/mol. The molecule has 0 bridgehead atoms. The van der Waals surface area contributed by atoms with E-state index in [-0.39, 0.29) is 5.91 Å². The maximum Gasteiger partial charge on any atom is 0.274 e. The minimum absolute atomic E-state index is 0.251. The van der Waals surface area contributed by atoms with Gasteiger partial charge in [-0.15, -0.1) is 0 Å². The first-order valence-electron chi connectivity index (χ1n) is 5.38. The number of aromatic nitrogens is 2. The maximum absolute atomic E-state index is 11.9. The summed E-state index contributed by atoms with van der Waals surface area (Å²) in [5.41, 5.74) is 2.42. The zero-order valence-corrected chi connectivity index (χ0v) is 9.33. The molecule has 5 heteroatoms. The fourth-order valence-corrected chi connectivity index (χ4v) is 1.63. The van der Waals surface area contributed by atoms with Gasteiger partial charge < -0.3 is 9.73 Å². The number of benzene rings is 1. The molecule has 88 valence electrons. The lowest BCUT2D eigenvalue weighted by Gasteiger charge is -2.03. The topological polar surface area (TPSA) is 68.0 Å². The largest absolute Gasteiger partial charge is 0.443 e. The van der Waals surface area contributed by atoms with Crippen molar-refractivity contribution < 1.29 is 9.21 Å². The fourth-order valence-electron chi connectivity index (χ4n) is 1.63. The number of amides is 1. The molecular formula is C13H9N3O2. The van der Waals surface area contributed by atoms with Crippen LogP contribution in [0, 0.1) is 0 Å². The van der Waals surface area contributed by atoms with Crippen molar-refractivity contribution in [1.29, 1.82) is 0 Å². The van der Waals surface area contributed by atoms with Gasteiger partial charge in [0.15, 0.2) is 12.0 Å². The molecule has 1 aromatic carbocycles. The molecule has 1 amide bonds. The van der Waals surface area contributed by atoms with Gasteiger partial charge in [-0.05, 0) is 30.3 Å². The molecule has 0 saturated heterocycles. The van der Waals surface area contributed by atoms with E-state index < -0.39 is 0 Å². The van der Waals surface area contributed by atoms with E-state index in [2.05, 4.69) is 15.3 Å². The first-order chi connectivity index (χ1) is 8.83. The van der Waals surface area contributed by atoms with E-state index in [0.717, 1.165) is 0 Å². The zero-order chi connectivity index (χ0) is 12.4. The average molecular weight is 239 g/mol. The Morgan fingerprint density at radius 3 is 2.94 bits per heavy atom. The molecule has 0 fully saturated rings. The van der Waals surface area contributed by atoms with Crippen molar-refractivity contribution in [3.05, 3.63) is 54.7 Å². The number of nitrogens with zero attached hydrogens (tertiary/aromatic N) is 2. The van der Waals surface area contributed by atoms with Gasteiger partial charge >= 0.3 is 0 Å². The Morgan fingerprint density at radius 2 is 2.11 bits per heavy atom. The maximum atomic E-state index is 11.9. The number of fused-ring (bicyclic) bond motifs is 1. The van der Waals surface area contributed by atoms with Crippen LogP contribution < -0.4 is 5.32 Å². The molecule has 1 N–H and O–H groups in total. The predicted octanol–water partition coefficient (Wildman–Crippen LogP) is 2.48. The molecule has 0 aliphatic rings. The van der Waals surface area contributed by atoms with E-state index in [9.17, 15) is 4.79 Å². The van der Waals surface area contributed by atoms with Crippen LogP contribution in [0.15, 0.2) is 53.4 Å². The van der Waals surface area contributed by atoms with Crippen LogP contribution in [0.4, 0.5) is 5.69 Å². The summed E-state index contributed by atoms with van der Waals surface area (Å²) < 4.78 is 5.13. The number of carbonyl (C=O) groups is 1. The highest BCUT2D eigenvalue weighted by Crippen LogP contribution is 2.17. The van der Waals surface area contributed by atoms with Crippen LogP contribution in [0.3, 0.4) is 0 Å². The minimum Gasteiger partial charge on any atom is -0.443 e. The first-order valence-corrected chi connectivity index (χ1v) is 5.38. The number of pyridine rings is 1. The lowest BCUT2D eigenvalue weighted by molar-refractivity contribution is 0.102. The van der Waals surface area contributed by atoms with Crippen molar-refractivity contribution in [1.82, 2.24) is 9.97 Å². The van der Waals surface area contributed by atoms with Gasteiger partial charge in [0.05, 0.1) is 0 Å². The van der Waals surface area contributed by atoms with Crippen molar-refractivity contribution >= 4 is 22.7 Å². The molecule has 0 saturated carbocycles. The molecule has 0 aliphatic carbocycles. The van der Waals surface area contributed by atoms with Gasteiger partial charge in [-0.1, -0.05) is 6.07 Å². The number of hydrogen-bond donors (Lipinski definition) is 1. The van der Waals surface area contributed by atoms with Crippen LogP contribution in [-0.4, -0.2) is 15.9 Å². The minimum atomic E-state index is -0.251. The van der Waals surface area contributed by atoms with Crippen LogP contribution in [0.5, 0.6) is 0 Å². The van der Waals surface area contributed by atoms with E-state index in [0.29, 0.717) is 22.5 Å². The number of anilines is 1. The highest BCUT2D eigenvalue weighted by Gasteiger charge is 2.07. The summed E-state index contributed by atoms with van der Waals surface area (Å²) in [5.74, 6) is -0.251. The van der Waals surface area contributed by atoms with Crippen molar-refractivity contribution in [2.45, 2.75) is 0 Å². The summed E-state index contributed by atoms with van der Waals surface area (Å²) in [6.07, 6.45) is 2.95. The number of nitrogens with one attached hydrogen (secondary N) is 1. The summed E-state index contributed by atoms with van der Waals surface area (Å²) in [5, 5.41) is 2.76. The van der Waals surface area contributed by atoms with Gasteiger partial charge in [0, 0.05) is 11.9 Å². The smallest absolute Gasteiger partial charge is 0.274 e. The summed E-state index contributed by atoms with van der Waals surface area (Å²) >= 11 is 0. The Labute approximate surface area is 102 Å². The van der Waals surface area contributed by atoms with Crippen LogP contribution in [-0.2, 0) is 0 Å². The van der Waals surface area contributed by atoms with Gasteiger partial charge in [0.1, 0.15) is 11.2 Å². The number of oxazole rings is 1. The summed E-state index contributed by atoms with van der Waals surface area (Å²) in [6.45, 7) is 0. The van der Waals surface area contributed by atoms with Crippen molar-refractivity contribution in [3.63, 3.8) is 0 Å². The van der Waals surface area contributed by atoms with Crippen LogP contribution in [0.2, 0.25) is 0 Å². The van der Waals surface area contributed by atoms with Crippen molar-refractivity contribution in [2.75, 3.05) is 5.32 Å². The molecule has 5 nitrogen and oxygen atoms in total. The lowest BCUT2D eigenvalue weighted by atomic mass is 10.2. The second-order valence-electron chi connectivity index (χ2n) is 3.70. The van der Waals surface area contributed by atoms with Crippen molar-refractivity contribution in [3.8, 4) is 0 Å². The third kappa shape index (κ3) is 1.93. The Bertz CT molecular complexity index is 692. The second kappa shape index (κ2) is 4.29. The normalized spacial score (nSPS) is 10.4. The highest BCUT2D eigenvalue weighted by atomic mass is 16.3. The number of rotatable bonds is 2. The average Bonchev–Trinajstić information content (AvgIpc) is 2.87. The van der Waals surface area contributed by atoms with Crippen LogP contribution in [0.1, 0.15) is 10.5 Å². The van der Waals surface area contributed by atoms with Gasteiger partial charge in [0.2, 0.25) is 0 Å². The molecule has 0 atom stereocenters. The molecule has 18 heavy (non-hydrogen) atoms. The zero-order valence-electron chi connectivity index (χ0n) is 9.33. The number of carbonyl (C=O) groups excluding carboxylic acids is 1. The third-order valence-electron chi connectivity index (χ3n) is 2.49. The van der Waals surface area contributed by atoms with E-state index in [1.165, 1.54) is 6.39 Å². The monoisotopic (exact) mass is 239 g/mol. The van der Waals surface area contributed by atoms with E-state index in [1.807, 2.05) is 0 Å².